The summed E-state index contributed by atoms with van der Waals surface area (Å²) >= 11 is 0. The summed E-state index contributed by atoms with van der Waals surface area (Å²) in [7, 11) is 1.47. The number of carbonyl (C=O) groups excluding carboxylic acids is 1. The van der Waals surface area contributed by atoms with Crippen LogP contribution in [0.3, 0.4) is 0 Å². The molecular weight excluding hydrogens is 224 g/mol. The van der Waals surface area contributed by atoms with Gasteiger partial charge in [-0.25, -0.2) is 4.79 Å². The SMILES string of the molecule is COc1ccc(C)cc1C(=O)COCC(=O)O. The fourth-order valence-corrected chi connectivity index (χ4v) is 1.35. The molecule has 1 aromatic rings. The number of hydrogen-bond donors (Lipinski definition) is 1. The first kappa shape index (κ1) is 13.2. The minimum Gasteiger partial charge on any atom is -0.496 e. The van der Waals surface area contributed by atoms with Gasteiger partial charge in [-0.1, -0.05) is 11.6 Å². The normalized spacial score (nSPS) is 10.0. The van der Waals surface area contributed by atoms with Crippen LogP contribution in [0.15, 0.2) is 18.2 Å². The Hall–Kier alpha value is -1.88. The molecule has 0 aliphatic rings. The lowest BCUT2D eigenvalue weighted by Gasteiger charge is -2.08. The molecule has 0 aromatic heterocycles. The van der Waals surface area contributed by atoms with Crippen molar-refractivity contribution < 1.29 is 24.2 Å². The van der Waals surface area contributed by atoms with Crippen LogP contribution in [0.25, 0.3) is 0 Å². The van der Waals surface area contributed by atoms with Gasteiger partial charge in [-0.3, -0.25) is 4.79 Å². The first-order valence-corrected chi connectivity index (χ1v) is 5.02. The average molecular weight is 238 g/mol. The van der Waals surface area contributed by atoms with Crippen LogP contribution in [-0.4, -0.2) is 37.2 Å². The number of carboxylic acids is 1. The average Bonchev–Trinajstić information content (AvgIpc) is 2.28. The van der Waals surface area contributed by atoms with E-state index in [9.17, 15) is 9.59 Å². The van der Waals surface area contributed by atoms with Crippen molar-refractivity contribution in [2.75, 3.05) is 20.3 Å². The van der Waals surface area contributed by atoms with Crippen molar-refractivity contribution in [1.29, 1.82) is 0 Å². The molecule has 1 N–H and O–H groups in total. The summed E-state index contributed by atoms with van der Waals surface area (Å²) < 4.78 is 9.80. The Morgan fingerprint density at radius 3 is 2.59 bits per heavy atom. The maximum atomic E-state index is 11.8. The van der Waals surface area contributed by atoms with Gasteiger partial charge < -0.3 is 14.6 Å². The quantitative estimate of drug-likeness (QED) is 0.756. The number of Topliss-reactive ketones (excluding diaryl/α,β-unsaturated/α-hetero) is 1. The molecule has 0 bridgehead atoms. The Morgan fingerprint density at radius 2 is 2.00 bits per heavy atom. The summed E-state index contributed by atoms with van der Waals surface area (Å²) in [5, 5.41) is 8.38. The molecule has 5 heteroatoms. The van der Waals surface area contributed by atoms with Crippen LogP contribution in [-0.2, 0) is 9.53 Å². The van der Waals surface area contributed by atoms with Crippen molar-refractivity contribution in [2.24, 2.45) is 0 Å². The lowest BCUT2D eigenvalue weighted by molar-refractivity contribution is -0.141. The van der Waals surface area contributed by atoms with Crippen LogP contribution in [0.4, 0.5) is 0 Å². The van der Waals surface area contributed by atoms with Crippen molar-refractivity contribution in [2.45, 2.75) is 6.92 Å². The lowest BCUT2D eigenvalue weighted by atomic mass is 10.1. The second kappa shape index (κ2) is 6.00. The lowest BCUT2D eigenvalue weighted by Crippen LogP contribution is -2.15. The summed E-state index contributed by atoms with van der Waals surface area (Å²) in [6.45, 7) is 1.10. The zero-order valence-corrected chi connectivity index (χ0v) is 9.73. The molecule has 0 aliphatic carbocycles. The molecular formula is C12H14O5. The molecule has 1 rings (SSSR count). The number of hydrogen-bond acceptors (Lipinski definition) is 4. The molecule has 17 heavy (non-hydrogen) atoms. The van der Waals surface area contributed by atoms with Crippen LogP contribution in [0.1, 0.15) is 15.9 Å². The molecule has 0 radical (unpaired) electrons. The zero-order valence-electron chi connectivity index (χ0n) is 9.73. The first-order valence-electron chi connectivity index (χ1n) is 5.02. The smallest absolute Gasteiger partial charge is 0.329 e. The van der Waals surface area contributed by atoms with Gasteiger partial charge in [0.2, 0.25) is 0 Å². The number of carbonyl (C=O) groups is 2. The van der Waals surface area contributed by atoms with Gasteiger partial charge in [0.15, 0.2) is 5.78 Å². The van der Waals surface area contributed by atoms with Crippen LogP contribution in [0.5, 0.6) is 5.75 Å². The molecule has 0 fully saturated rings. The van der Waals surface area contributed by atoms with Gasteiger partial charge in [0, 0.05) is 0 Å². The van der Waals surface area contributed by atoms with Crippen molar-refractivity contribution >= 4 is 11.8 Å². The number of rotatable bonds is 6. The largest absolute Gasteiger partial charge is 0.496 e. The van der Waals surface area contributed by atoms with Gasteiger partial charge in [0.05, 0.1) is 12.7 Å². The van der Waals surface area contributed by atoms with Crippen molar-refractivity contribution in [1.82, 2.24) is 0 Å². The van der Waals surface area contributed by atoms with E-state index in [0.29, 0.717) is 11.3 Å². The van der Waals surface area contributed by atoms with Gasteiger partial charge in [0.25, 0.3) is 0 Å². The molecule has 0 saturated carbocycles. The van der Waals surface area contributed by atoms with Gasteiger partial charge in [-0.2, -0.15) is 0 Å². The fourth-order valence-electron chi connectivity index (χ4n) is 1.35. The number of carboxylic acid groups (broad SMARTS) is 1. The van der Waals surface area contributed by atoms with E-state index in [4.69, 9.17) is 14.6 Å². The maximum Gasteiger partial charge on any atom is 0.329 e. The van der Waals surface area contributed by atoms with E-state index in [2.05, 4.69) is 0 Å². The fraction of sp³-hybridized carbons (Fsp3) is 0.333. The monoisotopic (exact) mass is 238 g/mol. The third kappa shape index (κ3) is 3.88. The van der Waals surface area contributed by atoms with E-state index in [1.165, 1.54) is 7.11 Å². The number of benzene rings is 1. The highest BCUT2D eigenvalue weighted by molar-refractivity contribution is 5.99. The van der Waals surface area contributed by atoms with Crippen molar-refractivity contribution in [3.63, 3.8) is 0 Å². The summed E-state index contributed by atoms with van der Waals surface area (Å²) in [6, 6.07) is 5.21. The topological polar surface area (TPSA) is 72.8 Å². The van der Waals surface area contributed by atoms with Crippen LogP contribution in [0.2, 0.25) is 0 Å². The van der Waals surface area contributed by atoms with E-state index in [0.717, 1.165) is 5.56 Å². The van der Waals surface area contributed by atoms with Gasteiger partial charge in [-0.15, -0.1) is 0 Å². The molecule has 0 spiro atoms. The van der Waals surface area contributed by atoms with E-state index in [-0.39, 0.29) is 12.4 Å². The molecule has 5 nitrogen and oxygen atoms in total. The Kier molecular flexibility index (Phi) is 4.66. The summed E-state index contributed by atoms with van der Waals surface area (Å²) in [4.78, 5) is 22.0. The van der Waals surface area contributed by atoms with E-state index < -0.39 is 12.6 Å². The highest BCUT2D eigenvalue weighted by Gasteiger charge is 2.13. The second-order valence-corrected chi connectivity index (χ2v) is 3.51. The zero-order chi connectivity index (χ0) is 12.8. The molecule has 0 saturated heterocycles. The van der Waals surface area contributed by atoms with E-state index in [1.807, 2.05) is 13.0 Å². The Labute approximate surface area is 99.0 Å². The number of aryl methyl sites for hydroxylation is 1. The highest BCUT2D eigenvalue weighted by Crippen LogP contribution is 2.20. The third-order valence-corrected chi connectivity index (χ3v) is 2.11. The van der Waals surface area contributed by atoms with Crippen molar-refractivity contribution in [3.8, 4) is 5.75 Å². The molecule has 1 aromatic carbocycles. The van der Waals surface area contributed by atoms with Gasteiger partial charge >= 0.3 is 5.97 Å². The minimum absolute atomic E-state index is 0.272. The predicted octanol–water partition coefficient (Wildman–Crippen LogP) is 1.29. The Bertz CT molecular complexity index is 425. The number of ether oxygens (including phenoxy) is 2. The summed E-state index contributed by atoms with van der Waals surface area (Å²) in [5.74, 6) is -0.944. The van der Waals surface area contributed by atoms with Crippen molar-refractivity contribution in [3.05, 3.63) is 29.3 Å². The van der Waals surface area contributed by atoms with Gasteiger partial charge in [0.1, 0.15) is 19.0 Å². The standard InChI is InChI=1S/C12H14O5/c1-8-3-4-11(16-2)9(5-8)10(13)6-17-7-12(14)15/h3-5H,6-7H2,1-2H3,(H,14,15). The number of ketones is 1. The molecule has 0 aliphatic heterocycles. The third-order valence-electron chi connectivity index (χ3n) is 2.11. The van der Waals surface area contributed by atoms with Crippen LogP contribution < -0.4 is 4.74 Å². The first-order chi connectivity index (χ1) is 8.04. The second-order valence-electron chi connectivity index (χ2n) is 3.51. The van der Waals surface area contributed by atoms with E-state index in [1.54, 1.807) is 12.1 Å². The van der Waals surface area contributed by atoms with Gasteiger partial charge in [-0.05, 0) is 19.1 Å². The maximum absolute atomic E-state index is 11.8. The molecule has 0 unspecified atom stereocenters. The molecule has 0 heterocycles. The predicted molar refractivity (Wildman–Crippen MR) is 60.5 cm³/mol. The molecule has 0 amide bonds. The summed E-state index contributed by atoms with van der Waals surface area (Å²) in [5.41, 5.74) is 1.32. The van der Waals surface area contributed by atoms with E-state index >= 15 is 0 Å². The number of aliphatic carboxylic acids is 1. The number of methoxy groups -OCH3 is 1. The molecule has 92 valence electrons. The summed E-state index contributed by atoms with van der Waals surface area (Å²) in [6.07, 6.45) is 0. The highest BCUT2D eigenvalue weighted by atomic mass is 16.5. The van der Waals surface area contributed by atoms with Crippen LogP contribution >= 0.6 is 0 Å². The Balaban J connectivity index is 2.73. The Morgan fingerprint density at radius 1 is 1.29 bits per heavy atom. The molecule has 0 atom stereocenters. The minimum atomic E-state index is -1.10. The van der Waals surface area contributed by atoms with Crippen LogP contribution in [0, 0.1) is 6.92 Å².